The molecule has 0 bridgehead atoms. The van der Waals surface area contributed by atoms with Crippen LogP contribution in [0.1, 0.15) is 44.4 Å². The highest BCUT2D eigenvalue weighted by Crippen LogP contribution is 2.24. The maximum atomic E-state index is 4.46. The molecule has 3 rings (SSSR count). The number of aryl methyl sites for hydroxylation is 1. The SMILES string of the molecule is CCC(C)C1CN(Cc2ccc(C)nc2)CCN1CC1CCCNC1.Cl. The van der Waals surface area contributed by atoms with E-state index in [2.05, 4.69) is 53.0 Å². The molecular formula is C21H37ClN4. The first-order valence-electron chi connectivity index (χ1n) is 10.2. The van der Waals surface area contributed by atoms with Crippen molar-refractivity contribution in [2.24, 2.45) is 11.8 Å². The van der Waals surface area contributed by atoms with Gasteiger partial charge in [-0.05, 0) is 56.3 Å². The van der Waals surface area contributed by atoms with E-state index >= 15 is 0 Å². The monoisotopic (exact) mass is 380 g/mol. The van der Waals surface area contributed by atoms with Crippen molar-refractivity contribution in [3.05, 3.63) is 29.6 Å². The van der Waals surface area contributed by atoms with Crippen LogP contribution in [0, 0.1) is 18.8 Å². The number of halogens is 1. The third-order valence-corrected chi connectivity index (χ3v) is 6.19. The van der Waals surface area contributed by atoms with E-state index in [4.69, 9.17) is 0 Å². The van der Waals surface area contributed by atoms with Gasteiger partial charge in [-0.15, -0.1) is 12.4 Å². The summed E-state index contributed by atoms with van der Waals surface area (Å²) >= 11 is 0. The fraction of sp³-hybridized carbons (Fsp3) is 0.762. The standard InChI is InChI=1S/C21H36N4.ClH/c1-4-17(2)21-16-24(14-20-8-7-18(3)23-13-20)10-11-25(21)15-19-6-5-9-22-12-19;/h7-8,13,17,19,21-22H,4-6,9-12,14-16H2,1-3H3;1H. The summed E-state index contributed by atoms with van der Waals surface area (Å²) in [6.45, 7) is 15.2. The lowest BCUT2D eigenvalue weighted by molar-refractivity contribution is 0.0277. The van der Waals surface area contributed by atoms with Gasteiger partial charge in [0.15, 0.2) is 0 Å². The second-order valence-electron chi connectivity index (χ2n) is 8.20. The highest BCUT2D eigenvalue weighted by Gasteiger charge is 2.31. The molecule has 0 aromatic carbocycles. The first-order valence-corrected chi connectivity index (χ1v) is 10.2. The summed E-state index contributed by atoms with van der Waals surface area (Å²) in [5, 5.41) is 3.58. The molecule has 0 amide bonds. The van der Waals surface area contributed by atoms with E-state index in [0.29, 0.717) is 6.04 Å². The van der Waals surface area contributed by atoms with Gasteiger partial charge in [-0.25, -0.2) is 0 Å². The van der Waals surface area contributed by atoms with Gasteiger partial charge in [0.25, 0.3) is 0 Å². The van der Waals surface area contributed by atoms with Gasteiger partial charge in [0.2, 0.25) is 0 Å². The van der Waals surface area contributed by atoms with E-state index in [-0.39, 0.29) is 12.4 Å². The Balaban J connectivity index is 0.00000243. The number of hydrogen-bond acceptors (Lipinski definition) is 4. The van der Waals surface area contributed by atoms with Crippen LogP contribution in [-0.4, -0.2) is 60.1 Å². The number of rotatable bonds is 6. The summed E-state index contributed by atoms with van der Waals surface area (Å²) in [6.07, 6.45) is 6.06. The molecule has 0 aliphatic carbocycles. The summed E-state index contributed by atoms with van der Waals surface area (Å²) in [6, 6.07) is 5.06. The molecule has 3 unspecified atom stereocenters. The van der Waals surface area contributed by atoms with Crippen LogP contribution in [0.15, 0.2) is 18.3 Å². The highest BCUT2D eigenvalue weighted by atomic mass is 35.5. The van der Waals surface area contributed by atoms with Crippen LogP contribution >= 0.6 is 12.4 Å². The molecule has 4 nitrogen and oxygen atoms in total. The van der Waals surface area contributed by atoms with E-state index < -0.39 is 0 Å². The van der Waals surface area contributed by atoms with Crippen molar-refractivity contribution in [2.75, 3.05) is 39.3 Å². The molecule has 5 heteroatoms. The predicted molar refractivity (Wildman–Crippen MR) is 112 cm³/mol. The van der Waals surface area contributed by atoms with Gasteiger partial charge in [0, 0.05) is 50.7 Å². The van der Waals surface area contributed by atoms with Gasteiger partial charge in [0.1, 0.15) is 0 Å². The lowest BCUT2D eigenvalue weighted by atomic mass is 9.92. The van der Waals surface area contributed by atoms with Gasteiger partial charge < -0.3 is 5.32 Å². The zero-order chi connectivity index (χ0) is 17.6. The van der Waals surface area contributed by atoms with Gasteiger partial charge in [-0.1, -0.05) is 26.3 Å². The Kier molecular flexibility index (Phi) is 8.82. The second-order valence-corrected chi connectivity index (χ2v) is 8.20. The molecule has 1 N–H and O–H groups in total. The van der Waals surface area contributed by atoms with Crippen molar-refractivity contribution in [1.82, 2.24) is 20.1 Å². The third kappa shape index (κ3) is 5.91. The van der Waals surface area contributed by atoms with Crippen LogP contribution in [-0.2, 0) is 6.54 Å². The average molecular weight is 381 g/mol. The van der Waals surface area contributed by atoms with Crippen molar-refractivity contribution in [1.29, 1.82) is 0 Å². The Morgan fingerprint density at radius 2 is 2.15 bits per heavy atom. The number of piperidine rings is 1. The average Bonchev–Trinajstić information content (AvgIpc) is 2.65. The van der Waals surface area contributed by atoms with Crippen molar-refractivity contribution < 1.29 is 0 Å². The van der Waals surface area contributed by atoms with Crippen LogP contribution in [0.5, 0.6) is 0 Å². The fourth-order valence-electron chi connectivity index (χ4n) is 4.35. The Morgan fingerprint density at radius 1 is 1.31 bits per heavy atom. The van der Waals surface area contributed by atoms with E-state index in [1.807, 2.05) is 6.20 Å². The van der Waals surface area contributed by atoms with Crippen molar-refractivity contribution >= 4 is 12.4 Å². The van der Waals surface area contributed by atoms with Crippen LogP contribution < -0.4 is 5.32 Å². The predicted octanol–water partition coefficient (Wildman–Crippen LogP) is 3.34. The Morgan fingerprint density at radius 3 is 2.81 bits per heavy atom. The molecule has 2 fully saturated rings. The van der Waals surface area contributed by atoms with Crippen LogP contribution in [0.25, 0.3) is 0 Å². The maximum Gasteiger partial charge on any atom is 0.0372 e. The maximum absolute atomic E-state index is 4.46. The van der Waals surface area contributed by atoms with Crippen LogP contribution in [0.2, 0.25) is 0 Å². The quantitative estimate of drug-likeness (QED) is 0.820. The molecule has 148 valence electrons. The molecule has 1 aromatic rings. The first-order chi connectivity index (χ1) is 12.2. The number of nitrogens with one attached hydrogen (secondary N) is 1. The first kappa shape index (κ1) is 21.6. The molecular weight excluding hydrogens is 344 g/mol. The number of hydrogen-bond donors (Lipinski definition) is 1. The van der Waals surface area contributed by atoms with Crippen molar-refractivity contribution in [2.45, 2.75) is 52.6 Å². The number of nitrogens with zero attached hydrogens (tertiary/aromatic N) is 3. The topological polar surface area (TPSA) is 31.4 Å². The summed E-state index contributed by atoms with van der Waals surface area (Å²) < 4.78 is 0. The molecule has 3 atom stereocenters. The largest absolute Gasteiger partial charge is 0.316 e. The summed E-state index contributed by atoms with van der Waals surface area (Å²) in [7, 11) is 0. The Labute approximate surface area is 166 Å². The molecule has 2 aliphatic rings. The zero-order valence-electron chi connectivity index (χ0n) is 16.8. The molecule has 1 aromatic heterocycles. The minimum Gasteiger partial charge on any atom is -0.316 e. The van der Waals surface area contributed by atoms with Crippen LogP contribution in [0.3, 0.4) is 0 Å². The summed E-state index contributed by atoms with van der Waals surface area (Å²) in [5.74, 6) is 1.60. The number of pyridine rings is 1. The Hall–Kier alpha value is -0.680. The normalized spacial score (nSPS) is 26.3. The van der Waals surface area contributed by atoms with E-state index in [9.17, 15) is 0 Å². The fourth-order valence-corrected chi connectivity index (χ4v) is 4.35. The van der Waals surface area contributed by atoms with E-state index in [1.165, 1.54) is 64.1 Å². The summed E-state index contributed by atoms with van der Waals surface area (Å²) in [4.78, 5) is 9.90. The second kappa shape index (κ2) is 10.6. The van der Waals surface area contributed by atoms with Gasteiger partial charge >= 0.3 is 0 Å². The van der Waals surface area contributed by atoms with Gasteiger partial charge in [-0.2, -0.15) is 0 Å². The lowest BCUT2D eigenvalue weighted by Crippen LogP contribution is -2.56. The third-order valence-electron chi connectivity index (χ3n) is 6.19. The van der Waals surface area contributed by atoms with Gasteiger partial charge in [0.05, 0.1) is 0 Å². The molecule has 0 spiro atoms. The molecule has 2 saturated heterocycles. The van der Waals surface area contributed by atoms with Crippen molar-refractivity contribution in [3.63, 3.8) is 0 Å². The van der Waals surface area contributed by atoms with E-state index in [0.717, 1.165) is 24.1 Å². The minimum atomic E-state index is 0. The molecule has 26 heavy (non-hydrogen) atoms. The number of aromatic nitrogens is 1. The number of piperazine rings is 1. The molecule has 2 aliphatic heterocycles. The van der Waals surface area contributed by atoms with E-state index in [1.54, 1.807) is 0 Å². The smallest absolute Gasteiger partial charge is 0.0372 e. The van der Waals surface area contributed by atoms with Crippen LogP contribution in [0.4, 0.5) is 0 Å². The molecule has 3 heterocycles. The molecule has 0 saturated carbocycles. The summed E-state index contributed by atoms with van der Waals surface area (Å²) in [5.41, 5.74) is 2.45. The Bertz CT molecular complexity index is 515. The highest BCUT2D eigenvalue weighted by molar-refractivity contribution is 5.85. The minimum absolute atomic E-state index is 0. The van der Waals surface area contributed by atoms with Crippen molar-refractivity contribution in [3.8, 4) is 0 Å². The lowest BCUT2D eigenvalue weighted by Gasteiger charge is -2.45. The molecule has 0 radical (unpaired) electrons. The van der Waals surface area contributed by atoms with Gasteiger partial charge in [-0.3, -0.25) is 14.8 Å². The zero-order valence-corrected chi connectivity index (χ0v) is 17.6.